The summed E-state index contributed by atoms with van der Waals surface area (Å²) in [5, 5.41) is 13.9. The van der Waals surface area contributed by atoms with Crippen LogP contribution in [-0.4, -0.2) is 14.9 Å². The van der Waals surface area contributed by atoms with Gasteiger partial charge in [0.1, 0.15) is 11.9 Å². The van der Waals surface area contributed by atoms with Crippen molar-refractivity contribution in [3.63, 3.8) is 0 Å². The third kappa shape index (κ3) is 1.44. The molecule has 0 aliphatic heterocycles. The molecule has 0 saturated heterocycles. The Morgan fingerprint density at radius 3 is 2.86 bits per heavy atom. The van der Waals surface area contributed by atoms with Crippen LogP contribution < -0.4 is 0 Å². The van der Waals surface area contributed by atoms with Gasteiger partial charge in [0.05, 0.1) is 12.5 Å². The van der Waals surface area contributed by atoms with Gasteiger partial charge in [-0.15, -0.1) is 0 Å². The number of aliphatic hydroxyl groups excluding tert-OH is 1. The number of nitrogens with zero attached hydrogens (tertiary/aromatic N) is 2. The van der Waals surface area contributed by atoms with Crippen molar-refractivity contribution in [3.8, 4) is 0 Å². The summed E-state index contributed by atoms with van der Waals surface area (Å²) in [5.74, 6) is 0.581. The quantitative estimate of drug-likeness (QED) is 0.782. The Hall–Kier alpha value is -1.55. The highest BCUT2D eigenvalue weighted by molar-refractivity contribution is 5.25. The van der Waals surface area contributed by atoms with E-state index in [2.05, 4.69) is 5.10 Å². The summed E-state index contributed by atoms with van der Waals surface area (Å²) in [6.45, 7) is 1.90. The highest BCUT2D eigenvalue weighted by Crippen LogP contribution is 2.24. The number of hydrogen-bond donors (Lipinski definition) is 1. The first-order valence-electron chi connectivity index (χ1n) is 4.39. The fourth-order valence-electron chi connectivity index (χ4n) is 1.40. The van der Waals surface area contributed by atoms with Crippen LogP contribution in [0.2, 0.25) is 0 Å². The molecule has 2 aromatic heterocycles. The minimum atomic E-state index is -0.723. The van der Waals surface area contributed by atoms with E-state index in [1.165, 1.54) is 0 Å². The van der Waals surface area contributed by atoms with Crippen LogP contribution in [0.3, 0.4) is 0 Å². The number of hydrogen-bond acceptors (Lipinski definition) is 3. The summed E-state index contributed by atoms with van der Waals surface area (Å²) in [5.41, 5.74) is 1.69. The zero-order valence-electron chi connectivity index (χ0n) is 8.14. The molecule has 0 radical (unpaired) electrons. The van der Waals surface area contributed by atoms with Gasteiger partial charge in [-0.25, -0.2) is 0 Å². The Kier molecular flexibility index (Phi) is 2.13. The average Bonchev–Trinajstić information content (AvgIpc) is 2.73. The van der Waals surface area contributed by atoms with Gasteiger partial charge in [-0.3, -0.25) is 4.68 Å². The third-order valence-corrected chi connectivity index (χ3v) is 2.19. The van der Waals surface area contributed by atoms with Crippen molar-refractivity contribution in [3.05, 3.63) is 41.6 Å². The smallest absolute Gasteiger partial charge is 0.140 e. The van der Waals surface area contributed by atoms with E-state index < -0.39 is 6.10 Å². The molecule has 4 nitrogen and oxygen atoms in total. The molecule has 0 aromatic carbocycles. The van der Waals surface area contributed by atoms with Gasteiger partial charge in [0.2, 0.25) is 0 Å². The molecule has 14 heavy (non-hydrogen) atoms. The second kappa shape index (κ2) is 3.31. The summed E-state index contributed by atoms with van der Waals surface area (Å²) in [7, 11) is 1.81. The maximum absolute atomic E-state index is 9.93. The number of rotatable bonds is 2. The van der Waals surface area contributed by atoms with E-state index in [0.717, 1.165) is 11.1 Å². The van der Waals surface area contributed by atoms with Gasteiger partial charge in [-0.2, -0.15) is 5.10 Å². The van der Waals surface area contributed by atoms with E-state index in [1.807, 2.05) is 20.0 Å². The number of furan rings is 1. The summed E-state index contributed by atoms with van der Waals surface area (Å²) in [6, 6.07) is 1.83. The molecule has 1 unspecified atom stereocenters. The normalized spacial score (nSPS) is 13.1. The maximum atomic E-state index is 9.93. The van der Waals surface area contributed by atoms with Crippen LogP contribution >= 0.6 is 0 Å². The van der Waals surface area contributed by atoms with Gasteiger partial charge in [0.25, 0.3) is 0 Å². The number of aromatic nitrogens is 2. The monoisotopic (exact) mass is 192 g/mol. The lowest BCUT2D eigenvalue weighted by Crippen LogP contribution is -1.98. The van der Waals surface area contributed by atoms with E-state index in [9.17, 15) is 5.11 Å². The fourth-order valence-corrected chi connectivity index (χ4v) is 1.40. The molecule has 1 atom stereocenters. The second-order valence-electron chi connectivity index (χ2n) is 3.32. The zero-order chi connectivity index (χ0) is 10.1. The average molecular weight is 192 g/mol. The largest absolute Gasteiger partial charge is 0.466 e. The molecule has 2 heterocycles. The van der Waals surface area contributed by atoms with Gasteiger partial charge >= 0.3 is 0 Å². The van der Waals surface area contributed by atoms with Crippen LogP contribution in [-0.2, 0) is 7.05 Å². The second-order valence-corrected chi connectivity index (χ2v) is 3.32. The first-order chi connectivity index (χ1) is 6.68. The molecular weight excluding hydrogens is 180 g/mol. The minimum absolute atomic E-state index is 0.581. The lowest BCUT2D eigenvalue weighted by Gasteiger charge is -2.05. The van der Waals surface area contributed by atoms with Gasteiger partial charge in [0.15, 0.2) is 0 Å². The third-order valence-electron chi connectivity index (χ3n) is 2.19. The van der Waals surface area contributed by atoms with Crippen LogP contribution in [0, 0.1) is 6.92 Å². The molecule has 74 valence electrons. The Morgan fingerprint density at radius 1 is 1.57 bits per heavy atom. The van der Waals surface area contributed by atoms with E-state index >= 15 is 0 Å². The van der Waals surface area contributed by atoms with Crippen LogP contribution in [0.15, 0.2) is 29.1 Å². The van der Waals surface area contributed by atoms with Crippen LogP contribution in [0.4, 0.5) is 0 Å². The molecule has 0 bridgehead atoms. The van der Waals surface area contributed by atoms with Crippen molar-refractivity contribution in [1.29, 1.82) is 0 Å². The van der Waals surface area contributed by atoms with E-state index in [4.69, 9.17) is 4.42 Å². The molecule has 2 aromatic rings. The predicted octanol–water partition coefficient (Wildman–Crippen LogP) is 1.40. The Bertz CT molecular complexity index is 431. The lowest BCUT2D eigenvalue weighted by atomic mass is 10.1. The van der Waals surface area contributed by atoms with Crippen LogP contribution in [0.1, 0.15) is 23.0 Å². The number of aliphatic hydroxyl groups is 1. The Morgan fingerprint density at radius 2 is 2.36 bits per heavy atom. The molecule has 4 heteroatoms. The first kappa shape index (κ1) is 9.02. The number of aryl methyl sites for hydroxylation is 2. The van der Waals surface area contributed by atoms with Crippen LogP contribution in [0.25, 0.3) is 0 Å². The molecule has 0 amide bonds. The van der Waals surface area contributed by atoms with Gasteiger partial charge in [0, 0.05) is 18.8 Å². The van der Waals surface area contributed by atoms with Crippen LogP contribution in [0.5, 0.6) is 0 Å². The highest BCUT2D eigenvalue weighted by atomic mass is 16.4. The standard InChI is InChI=1S/C10H12N2O2/c1-7-3-4-14-10(7)9(13)8-5-11-12(2)6-8/h3-6,9,13H,1-2H3. The summed E-state index contributed by atoms with van der Waals surface area (Å²) in [4.78, 5) is 0. The van der Waals surface area contributed by atoms with Crippen molar-refractivity contribution >= 4 is 0 Å². The van der Waals surface area contributed by atoms with Gasteiger partial charge in [-0.1, -0.05) is 0 Å². The first-order valence-corrected chi connectivity index (χ1v) is 4.39. The summed E-state index contributed by atoms with van der Waals surface area (Å²) < 4.78 is 6.85. The van der Waals surface area contributed by atoms with Gasteiger partial charge in [-0.05, 0) is 18.6 Å². The van der Waals surface area contributed by atoms with E-state index in [-0.39, 0.29) is 0 Å². The minimum Gasteiger partial charge on any atom is -0.466 e. The fraction of sp³-hybridized carbons (Fsp3) is 0.300. The molecule has 0 fully saturated rings. The molecule has 1 N–H and O–H groups in total. The van der Waals surface area contributed by atoms with Gasteiger partial charge < -0.3 is 9.52 Å². The molecule has 0 saturated carbocycles. The predicted molar refractivity (Wildman–Crippen MR) is 50.7 cm³/mol. The molecule has 0 aliphatic rings. The van der Waals surface area contributed by atoms with Crippen molar-refractivity contribution in [1.82, 2.24) is 9.78 Å². The molecule has 2 rings (SSSR count). The van der Waals surface area contributed by atoms with E-state index in [0.29, 0.717) is 5.76 Å². The van der Waals surface area contributed by atoms with Crippen molar-refractivity contribution in [2.75, 3.05) is 0 Å². The topological polar surface area (TPSA) is 51.2 Å². The zero-order valence-corrected chi connectivity index (χ0v) is 8.14. The van der Waals surface area contributed by atoms with Crippen molar-refractivity contribution in [2.45, 2.75) is 13.0 Å². The maximum Gasteiger partial charge on any atom is 0.140 e. The van der Waals surface area contributed by atoms with E-state index in [1.54, 1.807) is 23.3 Å². The van der Waals surface area contributed by atoms with Crippen molar-refractivity contribution in [2.24, 2.45) is 7.05 Å². The highest BCUT2D eigenvalue weighted by Gasteiger charge is 2.17. The SMILES string of the molecule is Cc1ccoc1C(O)c1cnn(C)c1. The lowest BCUT2D eigenvalue weighted by molar-refractivity contribution is 0.188. The molecule has 0 spiro atoms. The Balaban J connectivity index is 2.33. The summed E-state index contributed by atoms with van der Waals surface area (Å²) in [6.07, 6.45) is 4.25. The van der Waals surface area contributed by atoms with Crippen molar-refractivity contribution < 1.29 is 9.52 Å². The molecular formula is C10H12N2O2. The Labute approximate surface area is 81.8 Å². The summed E-state index contributed by atoms with van der Waals surface area (Å²) >= 11 is 0. The molecule has 0 aliphatic carbocycles.